The summed E-state index contributed by atoms with van der Waals surface area (Å²) in [5, 5.41) is 1.60. The topological polar surface area (TPSA) is 62.3 Å². The summed E-state index contributed by atoms with van der Waals surface area (Å²) in [6.07, 6.45) is 0. The number of hydrogen-bond donors (Lipinski definition) is 1. The highest BCUT2D eigenvalue weighted by atomic mass is 32.2. The molecule has 0 aliphatic carbocycles. The first kappa shape index (κ1) is 16.8. The molecule has 0 spiro atoms. The Bertz CT molecular complexity index is 1210. The Labute approximate surface area is 156 Å². The third-order valence-electron chi connectivity index (χ3n) is 4.21. The van der Waals surface area contributed by atoms with E-state index in [0.717, 1.165) is 21.3 Å². The van der Waals surface area contributed by atoms with Crippen LogP contribution < -0.4 is 9.62 Å². The van der Waals surface area contributed by atoms with Crippen molar-refractivity contribution >= 4 is 53.7 Å². The van der Waals surface area contributed by atoms with E-state index in [1.807, 2.05) is 49.3 Å². The van der Waals surface area contributed by atoms with Gasteiger partial charge in [0.05, 0.1) is 26.3 Å². The normalized spacial score (nSPS) is 11.8. The van der Waals surface area contributed by atoms with Gasteiger partial charge in [-0.05, 0) is 30.3 Å². The second kappa shape index (κ2) is 6.26. The molecule has 132 valence electrons. The number of sulfonamides is 1. The zero-order valence-corrected chi connectivity index (χ0v) is 15.9. The van der Waals surface area contributed by atoms with E-state index in [4.69, 9.17) is 0 Å². The zero-order chi connectivity index (χ0) is 18.3. The molecule has 0 aliphatic rings. The molecule has 26 heavy (non-hydrogen) atoms. The third kappa shape index (κ3) is 2.89. The van der Waals surface area contributed by atoms with Crippen LogP contribution >= 0.6 is 11.3 Å². The molecule has 0 bridgehead atoms. The Morgan fingerprint density at radius 2 is 1.77 bits per heavy atom. The largest absolute Gasteiger partial charge is 0.377 e. The summed E-state index contributed by atoms with van der Waals surface area (Å²) in [5.74, 6) is 0. The first-order valence-electron chi connectivity index (χ1n) is 8.01. The van der Waals surface area contributed by atoms with E-state index in [1.165, 1.54) is 11.3 Å². The van der Waals surface area contributed by atoms with Gasteiger partial charge in [0.1, 0.15) is 0 Å². The van der Waals surface area contributed by atoms with Crippen molar-refractivity contribution in [2.45, 2.75) is 4.90 Å². The summed E-state index contributed by atoms with van der Waals surface area (Å²) in [4.78, 5) is 6.46. The standard InChI is InChI=1S/C19H17N3O2S2/c1-22(2)17-7-3-6-15-14(17)5-4-8-19(15)26(23,24)21-13-9-10-16-18(11-13)25-12-20-16/h3-12,21H,1-2H3. The number of nitrogens with zero attached hydrogens (tertiary/aromatic N) is 2. The molecule has 0 saturated heterocycles. The van der Waals surface area contributed by atoms with E-state index in [-0.39, 0.29) is 4.90 Å². The first-order chi connectivity index (χ1) is 12.5. The lowest BCUT2D eigenvalue weighted by Gasteiger charge is -2.17. The van der Waals surface area contributed by atoms with Crippen LogP contribution in [0.2, 0.25) is 0 Å². The van der Waals surface area contributed by atoms with Crippen molar-refractivity contribution in [3.8, 4) is 0 Å². The fourth-order valence-electron chi connectivity index (χ4n) is 3.02. The molecule has 0 radical (unpaired) electrons. The highest BCUT2D eigenvalue weighted by Crippen LogP contribution is 2.31. The molecule has 1 heterocycles. The average Bonchev–Trinajstić information content (AvgIpc) is 3.08. The van der Waals surface area contributed by atoms with E-state index in [2.05, 4.69) is 9.71 Å². The van der Waals surface area contributed by atoms with Gasteiger partial charge >= 0.3 is 0 Å². The Morgan fingerprint density at radius 3 is 2.58 bits per heavy atom. The maximum absolute atomic E-state index is 13.0. The maximum Gasteiger partial charge on any atom is 0.262 e. The highest BCUT2D eigenvalue weighted by Gasteiger charge is 2.19. The number of hydrogen-bond acceptors (Lipinski definition) is 5. The van der Waals surface area contributed by atoms with Gasteiger partial charge in [0.25, 0.3) is 10.0 Å². The van der Waals surface area contributed by atoms with Gasteiger partial charge in [0.2, 0.25) is 0 Å². The molecule has 0 amide bonds. The van der Waals surface area contributed by atoms with Gasteiger partial charge in [-0.3, -0.25) is 4.72 Å². The van der Waals surface area contributed by atoms with Crippen LogP contribution in [0.15, 0.2) is 65.0 Å². The quantitative estimate of drug-likeness (QED) is 0.570. The Balaban J connectivity index is 1.81. The lowest BCUT2D eigenvalue weighted by atomic mass is 10.1. The smallest absolute Gasteiger partial charge is 0.262 e. The second-order valence-corrected chi connectivity index (χ2v) is 8.70. The van der Waals surface area contributed by atoms with Gasteiger partial charge in [-0.15, -0.1) is 11.3 Å². The summed E-state index contributed by atoms with van der Waals surface area (Å²) in [6, 6.07) is 16.4. The monoisotopic (exact) mass is 383 g/mol. The number of fused-ring (bicyclic) bond motifs is 2. The molecule has 0 saturated carbocycles. The number of thiazole rings is 1. The van der Waals surface area contributed by atoms with Gasteiger partial charge in [-0.25, -0.2) is 13.4 Å². The summed E-state index contributed by atoms with van der Waals surface area (Å²) in [6.45, 7) is 0. The second-order valence-electron chi connectivity index (χ2n) is 6.16. The molecule has 0 aliphatic heterocycles. The number of anilines is 2. The van der Waals surface area contributed by atoms with Crippen molar-refractivity contribution in [3.63, 3.8) is 0 Å². The number of rotatable bonds is 4. The van der Waals surface area contributed by atoms with Crippen molar-refractivity contribution in [1.29, 1.82) is 0 Å². The van der Waals surface area contributed by atoms with Crippen LogP contribution in [0.25, 0.3) is 21.0 Å². The molecule has 7 heteroatoms. The minimum atomic E-state index is -3.72. The molecular weight excluding hydrogens is 366 g/mol. The fraction of sp³-hybridized carbons (Fsp3) is 0.105. The summed E-state index contributed by atoms with van der Waals surface area (Å²) in [5.41, 5.74) is 4.11. The minimum Gasteiger partial charge on any atom is -0.377 e. The van der Waals surface area contributed by atoms with Crippen LogP contribution in [0.3, 0.4) is 0 Å². The molecule has 0 unspecified atom stereocenters. The van der Waals surface area contributed by atoms with Gasteiger partial charge < -0.3 is 4.90 Å². The van der Waals surface area contributed by atoms with Crippen molar-refractivity contribution in [3.05, 3.63) is 60.1 Å². The Hall–Kier alpha value is -2.64. The summed E-state index contributed by atoms with van der Waals surface area (Å²) >= 11 is 1.48. The Morgan fingerprint density at radius 1 is 1.00 bits per heavy atom. The van der Waals surface area contributed by atoms with Crippen molar-refractivity contribution in [1.82, 2.24) is 4.98 Å². The minimum absolute atomic E-state index is 0.267. The zero-order valence-electron chi connectivity index (χ0n) is 14.3. The van der Waals surface area contributed by atoms with Crippen LogP contribution in [-0.2, 0) is 10.0 Å². The van der Waals surface area contributed by atoms with Gasteiger partial charge in [0, 0.05) is 30.6 Å². The van der Waals surface area contributed by atoms with E-state index >= 15 is 0 Å². The molecular formula is C19H17N3O2S2. The highest BCUT2D eigenvalue weighted by molar-refractivity contribution is 7.93. The maximum atomic E-state index is 13.0. The van der Waals surface area contributed by atoms with Gasteiger partial charge in [0.15, 0.2) is 0 Å². The van der Waals surface area contributed by atoms with Gasteiger partial charge in [-0.2, -0.15) is 0 Å². The average molecular weight is 383 g/mol. The first-order valence-corrected chi connectivity index (χ1v) is 10.4. The van der Waals surface area contributed by atoms with E-state index < -0.39 is 10.0 Å². The molecule has 5 nitrogen and oxygen atoms in total. The number of nitrogens with one attached hydrogen (secondary N) is 1. The third-order valence-corrected chi connectivity index (χ3v) is 6.45. The molecule has 3 aromatic carbocycles. The number of benzene rings is 3. The molecule has 0 atom stereocenters. The van der Waals surface area contributed by atoms with E-state index in [9.17, 15) is 8.42 Å². The van der Waals surface area contributed by atoms with Gasteiger partial charge in [-0.1, -0.05) is 24.3 Å². The molecule has 0 fully saturated rings. The molecule has 4 aromatic rings. The van der Waals surface area contributed by atoms with Crippen LogP contribution in [-0.4, -0.2) is 27.5 Å². The molecule has 1 N–H and O–H groups in total. The fourth-order valence-corrected chi connectivity index (χ4v) is 5.01. The van der Waals surface area contributed by atoms with Crippen LogP contribution in [0, 0.1) is 0 Å². The van der Waals surface area contributed by atoms with Crippen LogP contribution in [0.5, 0.6) is 0 Å². The Kier molecular flexibility index (Phi) is 4.05. The van der Waals surface area contributed by atoms with E-state index in [1.54, 1.807) is 29.8 Å². The van der Waals surface area contributed by atoms with Crippen LogP contribution in [0.4, 0.5) is 11.4 Å². The summed E-state index contributed by atoms with van der Waals surface area (Å²) in [7, 11) is 0.167. The SMILES string of the molecule is CN(C)c1cccc2c(S(=O)(=O)Nc3ccc4ncsc4c3)cccc12. The molecule has 1 aromatic heterocycles. The molecule has 4 rings (SSSR count). The summed E-state index contributed by atoms with van der Waals surface area (Å²) < 4.78 is 29.7. The van der Waals surface area contributed by atoms with Crippen molar-refractivity contribution in [2.75, 3.05) is 23.7 Å². The number of aromatic nitrogens is 1. The lowest BCUT2D eigenvalue weighted by molar-refractivity contribution is 0.602. The van der Waals surface area contributed by atoms with E-state index in [0.29, 0.717) is 11.1 Å². The van der Waals surface area contributed by atoms with Crippen molar-refractivity contribution in [2.24, 2.45) is 0 Å². The van der Waals surface area contributed by atoms with Crippen LogP contribution in [0.1, 0.15) is 0 Å². The van der Waals surface area contributed by atoms with Crippen molar-refractivity contribution < 1.29 is 8.42 Å². The lowest BCUT2D eigenvalue weighted by Crippen LogP contribution is -2.14. The predicted molar refractivity (Wildman–Crippen MR) is 109 cm³/mol. The predicted octanol–water partition coefficient (Wildman–Crippen LogP) is 4.32.